The van der Waals surface area contributed by atoms with Crippen LogP contribution in [0.5, 0.6) is 0 Å². The van der Waals surface area contributed by atoms with Gasteiger partial charge in [-0.3, -0.25) is 4.79 Å². The molecule has 1 unspecified atom stereocenters. The predicted octanol–water partition coefficient (Wildman–Crippen LogP) is 2.20. The van der Waals surface area contributed by atoms with Gasteiger partial charge < -0.3 is 10.4 Å². The molecule has 3 rings (SSSR count). The number of hydrogen-bond donors (Lipinski definition) is 2. The van der Waals surface area contributed by atoms with Gasteiger partial charge in [0.05, 0.1) is 28.7 Å². The monoisotopic (exact) mass is 295 g/mol. The van der Waals surface area contributed by atoms with E-state index in [9.17, 15) is 4.79 Å². The summed E-state index contributed by atoms with van der Waals surface area (Å²) in [7, 11) is 0. The van der Waals surface area contributed by atoms with E-state index < -0.39 is 0 Å². The van der Waals surface area contributed by atoms with Gasteiger partial charge in [0, 0.05) is 6.04 Å². The number of aliphatic hydroxyl groups is 1. The maximum Gasteiger partial charge on any atom is 0.253 e. The Kier molecular flexibility index (Phi) is 3.73. The molecule has 0 spiro atoms. The lowest BCUT2D eigenvalue weighted by atomic mass is 10.1. The molecule has 2 aromatic carbocycles. The number of nitrogens with zero attached hydrogens (tertiary/aromatic N) is 2. The Labute approximate surface area is 128 Å². The van der Waals surface area contributed by atoms with Gasteiger partial charge in [-0.1, -0.05) is 18.2 Å². The molecule has 5 heteroatoms. The largest absolute Gasteiger partial charge is 0.394 e. The molecule has 2 N–H and O–H groups in total. The minimum absolute atomic E-state index is 0.107. The van der Waals surface area contributed by atoms with Crippen molar-refractivity contribution in [2.45, 2.75) is 19.9 Å². The lowest BCUT2D eigenvalue weighted by Crippen LogP contribution is -2.35. The van der Waals surface area contributed by atoms with E-state index in [1.807, 2.05) is 31.2 Å². The summed E-state index contributed by atoms with van der Waals surface area (Å²) in [6, 6.07) is 10.9. The molecule has 22 heavy (non-hydrogen) atoms. The highest BCUT2D eigenvalue weighted by atomic mass is 16.3. The zero-order chi connectivity index (χ0) is 15.7. The van der Waals surface area contributed by atoms with Gasteiger partial charge in [0.15, 0.2) is 0 Å². The Bertz CT molecular complexity index is 861. The zero-order valence-electron chi connectivity index (χ0n) is 12.5. The molecule has 0 aliphatic carbocycles. The number of amides is 1. The van der Waals surface area contributed by atoms with E-state index in [0.717, 1.165) is 16.6 Å². The second-order valence-corrected chi connectivity index (χ2v) is 5.40. The molecule has 1 heterocycles. The van der Waals surface area contributed by atoms with Gasteiger partial charge in [0.1, 0.15) is 5.52 Å². The number of carbonyl (C=O) groups is 1. The van der Waals surface area contributed by atoms with E-state index in [1.54, 1.807) is 19.1 Å². The highest BCUT2D eigenvalue weighted by Gasteiger charge is 2.15. The van der Waals surface area contributed by atoms with Crippen LogP contribution in [0.2, 0.25) is 0 Å². The van der Waals surface area contributed by atoms with Crippen molar-refractivity contribution >= 4 is 28.0 Å². The Hall–Kier alpha value is -2.53. The molecule has 1 amide bonds. The molecule has 5 nitrogen and oxygen atoms in total. The molecular formula is C17H17N3O2. The molecule has 0 fully saturated rings. The SMILES string of the molecule is Cc1cccc2nc3cccc(C(=O)NC(C)CO)c3nc12. The number of nitrogens with one attached hydrogen (secondary N) is 1. The molecule has 0 saturated carbocycles. The standard InChI is InChI=1S/C17H17N3O2/c1-10-5-3-7-13-15(10)20-16-12(6-4-8-14(16)19-13)17(22)18-11(2)9-21/h3-8,11,21H,9H2,1-2H3,(H,18,22). The van der Waals surface area contributed by atoms with Crippen LogP contribution in [0.4, 0.5) is 0 Å². The van der Waals surface area contributed by atoms with Crippen molar-refractivity contribution in [3.8, 4) is 0 Å². The highest BCUT2D eigenvalue weighted by molar-refractivity contribution is 6.06. The first-order valence-electron chi connectivity index (χ1n) is 7.18. The first-order chi connectivity index (χ1) is 10.6. The zero-order valence-corrected chi connectivity index (χ0v) is 12.5. The third-order valence-electron chi connectivity index (χ3n) is 3.59. The molecule has 0 aliphatic rings. The van der Waals surface area contributed by atoms with Crippen molar-refractivity contribution in [2.75, 3.05) is 6.61 Å². The second-order valence-electron chi connectivity index (χ2n) is 5.40. The van der Waals surface area contributed by atoms with Crippen molar-refractivity contribution in [3.63, 3.8) is 0 Å². The number of benzene rings is 2. The highest BCUT2D eigenvalue weighted by Crippen LogP contribution is 2.21. The van der Waals surface area contributed by atoms with Crippen LogP contribution in [0, 0.1) is 6.92 Å². The summed E-state index contributed by atoms with van der Waals surface area (Å²) in [5, 5.41) is 11.8. The average Bonchev–Trinajstić information content (AvgIpc) is 2.52. The second kappa shape index (κ2) is 5.69. The van der Waals surface area contributed by atoms with Crippen LogP contribution in [0.25, 0.3) is 22.1 Å². The van der Waals surface area contributed by atoms with Gasteiger partial charge in [-0.05, 0) is 37.6 Å². The van der Waals surface area contributed by atoms with Gasteiger partial charge in [-0.2, -0.15) is 0 Å². The number of para-hydroxylation sites is 2. The quantitative estimate of drug-likeness (QED) is 0.726. The molecule has 0 bridgehead atoms. The van der Waals surface area contributed by atoms with Crippen molar-refractivity contribution in [3.05, 3.63) is 47.5 Å². The van der Waals surface area contributed by atoms with Crippen LogP contribution in [0.15, 0.2) is 36.4 Å². The lowest BCUT2D eigenvalue weighted by molar-refractivity contribution is 0.0924. The molecule has 1 atom stereocenters. The first kappa shape index (κ1) is 14.4. The fourth-order valence-corrected chi connectivity index (χ4v) is 2.39. The summed E-state index contributed by atoms with van der Waals surface area (Å²) in [5.74, 6) is -0.255. The average molecular weight is 295 g/mol. The van der Waals surface area contributed by atoms with Crippen LogP contribution >= 0.6 is 0 Å². The third-order valence-corrected chi connectivity index (χ3v) is 3.59. The molecule has 0 saturated heterocycles. The number of aryl methyl sites for hydroxylation is 1. The van der Waals surface area contributed by atoms with E-state index in [2.05, 4.69) is 15.3 Å². The molecule has 3 aromatic rings. The van der Waals surface area contributed by atoms with Crippen LogP contribution < -0.4 is 5.32 Å². The summed E-state index contributed by atoms with van der Waals surface area (Å²) < 4.78 is 0. The van der Waals surface area contributed by atoms with Crippen LogP contribution in [-0.4, -0.2) is 33.6 Å². The van der Waals surface area contributed by atoms with Gasteiger partial charge in [0.2, 0.25) is 0 Å². The van der Waals surface area contributed by atoms with E-state index in [1.165, 1.54) is 0 Å². The van der Waals surface area contributed by atoms with E-state index in [4.69, 9.17) is 5.11 Å². The summed E-state index contributed by atoms with van der Waals surface area (Å²) >= 11 is 0. The smallest absolute Gasteiger partial charge is 0.253 e. The predicted molar refractivity (Wildman–Crippen MR) is 85.8 cm³/mol. The fourth-order valence-electron chi connectivity index (χ4n) is 2.39. The van der Waals surface area contributed by atoms with Crippen molar-refractivity contribution < 1.29 is 9.90 Å². The third kappa shape index (κ3) is 2.51. The van der Waals surface area contributed by atoms with Gasteiger partial charge in [-0.15, -0.1) is 0 Å². The van der Waals surface area contributed by atoms with Gasteiger partial charge >= 0.3 is 0 Å². The van der Waals surface area contributed by atoms with Gasteiger partial charge in [-0.25, -0.2) is 9.97 Å². The molecule has 1 aromatic heterocycles. The van der Waals surface area contributed by atoms with E-state index in [-0.39, 0.29) is 18.6 Å². The maximum absolute atomic E-state index is 12.4. The minimum Gasteiger partial charge on any atom is -0.394 e. The van der Waals surface area contributed by atoms with E-state index in [0.29, 0.717) is 16.6 Å². The van der Waals surface area contributed by atoms with Crippen LogP contribution in [0.1, 0.15) is 22.8 Å². The van der Waals surface area contributed by atoms with Crippen molar-refractivity contribution in [2.24, 2.45) is 0 Å². The Morgan fingerprint density at radius 3 is 2.55 bits per heavy atom. The first-order valence-corrected chi connectivity index (χ1v) is 7.18. The number of carbonyl (C=O) groups excluding carboxylic acids is 1. The van der Waals surface area contributed by atoms with Gasteiger partial charge in [0.25, 0.3) is 5.91 Å². The normalized spacial score (nSPS) is 12.5. The number of fused-ring (bicyclic) bond motifs is 2. The molecule has 112 valence electrons. The fraction of sp³-hybridized carbons (Fsp3) is 0.235. The topological polar surface area (TPSA) is 75.1 Å². The lowest BCUT2D eigenvalue weighted by Gasteiger charge is -2.12. The summed E-state index contributed by atoms with van der Waals surface area (Å²) in [5.41, 5.74) is 4.36. The summed E-state index contributed by atoms with van der Waals surface area (Å²) in [4.78, 5) is 21.6. The maximum atomic E-state index is 12.4. The number of aliphatic hydroxyl groups excluding tert-OH is 1. The number of rotatable bonds is 3. The Morgan fingerprint density at radius 2 is 1.82 bits per heavy atom. The molecular weight excluding hydrogens is 278 g/mol. The summed E-state index contributed by atoms with van der Waals surface area (Å²) in [6.07, 6.45) is 0. The summed E-state index contributed by atoms with van der Waals surface area (Å²) in [6.45, 7) is 3.61. The Morgan fingerprint density at radius 1 is 1.14 bits per heavy atom. The van der Waals surface area contributed by atoms with Crippen LogP contribution in [0.3, 0.4) is 0 Å². The minimum atomic E-state index is -0.307. The van der Waals surface area contributed by atoms with Crippen molar-refractivity contribution in [1.29, 1.82) is 0 Å². The molecule has 0 radical (unpaired) electrons. The van der Waals surface area contributed by atoms with E-state index >= 15 is 0 Å². The Balaban J connectivity index is 2.19. The molecule has 0 aliphatic heterocycles. The number of aromatic nitrogens is 2. The van der Waals surface area contributed by atoms with Crippen LogP contribution in [-0.2, 0) is 0 Å². The number of hydrogen-bond acceptors (Lipinski definition) is 4. The van der Waals surface area contributed by atoms with Crippen molar-refractivity contribution in [1.82, 2.24) is 15.3 Å².